The van der Waals surface area contributed by atoms with Crippen LogP contribution in [0.5, 0.6) is 0 Å². The van der Waals surface area contributed by atoms with Gasteiger partial charge < -0.3 is 25.2 Å². The SMILES string of the molecule is C.C=C(C)c1ccccc1.CC.CC.CC.CC.CC.CC(C)(C)OC(=O)N1C(=O)C(c2ccccc2)CC1(C)C.CC(C)(CC(C(=O)O)c1ccccc1)NC(=O)OC(C)(C)C.CC(CC(C)(C)[N+](=O)[O-])c1ccccc1.CC1(C)CC(c2ccccc2)C(=O)N1. The number of nitrogens with zero attached hydrogens (tertiary/aromatic N) is 2. The van der Waals surface area contributed by atoms with Crippen LogP contribution in [0, 0.1) is 10.1 Å². The van der Waals surface area contributed by atoms with E-state index in [4.69, 9.17) is 9.47 Å². The number of alkyl carbamates (subject to hydrolysis) is 1. The zero-order valence-electron chi connectivity index (χ0n) is 60.8. The molecule has 14 nitrogen and oxygen atoms in total. The van der Waals surface area contributed by atoms with Gasteiger partial charge in [0.15, 0.2) is 0 Å². The van der Waals surface area contributed by atoms with Crippen LogP contribution in [0.3, 0.4) is 0 Å². The van der Waals surface area contributed by atoms with Gasteiger partial charge in [0, 0.05) is 41.8 Å². The summed E-state index contributed by atoms with van der Waals surface area (Å²) in [6.45, 7) is 53.5. The summed E-state index contributed by atoms with van der Waals surface area (Å²) in [7, 11) is 0. The highest BCUT2D eigenvalue weighted by molar-refractivity contribution is 5.99. The number of amides is 4. The molecule has 4 amide bonds. The minimum atomic E-state index is -0.912. The fraction of sp³-hybridized carbons (Fsp3) is 0.526. The van der Waals surface area contributed by atoms with E-state index in [1.54, 1.807) is 93.5 Å². The molecule has 516 valence electrons. The van der Waals surface area contributed by atoms with Gasteiger partial charge in [-0.05, 0) is 143 Å². The summed E-state index contributed by atoms with van der Waals surface area (Å²) in [6.07, 6.45) is 1.21. The zero-order valence-corrected chi connectivity index (χ0v) is 60.8. The molecule has 0 radical (unpaired) electrons. The van der Waals surface area contributed by atoms with E-state index in [1.807, 2.05) is 212 Å². The second-order valence-corrected chi connectivity index (χ2v) is 25.4. The highest BCUT2D eigenvalue weighted by Crippen LogP contribution is 2.41. The third kappa shape index (κ3) is 35.3. The Morgan fingerprint density at radius 3 is 1.33 bits per heavy atom. The topological polar surface area (TPSA) is 194 Å². The molecule has 2 saturated heterocycles. The van der Waals surface area contributed by atoms with Crippen molar-refractivity contribution in [2.45, 2.75) is 270 Å². The Labute approximate surface area is 558 Å². The average molecular weight is 1280 g/mol. The van der Waals surface area contributed by atoms with Crippen LogP contribution >= 0.6 is 0 Å². The zero-order chi connectivity index (χ0) is 71.1. The van der Waals surface area contributed by atoms with Crippen molar-refractivity contribution in [3.05, 3.63) is 196 Å². The lowest BCUT2D eigenvalue weighted by atomic mass is 9.86. The molecule has 0 aliphatic carbocycles. The Hall–Kier alpha value is -7.61. The van der Waals surface area contributed by atoms with Crippen molar-refractivity contribution >= 4 is 35.5 Å². The molecule has 2 heterocycles. The molecule has 2 aliphatic heterocycles. The first-order valence-corrected chi connectivity index (χ1v) is 32.6. The van der Waals surface area contributed by atoms with Gasteiger partial charge in [-0.15, -0.1) is 0 Å². The lowest BCUT2D eigenvalue weighted by Gasteiger charge is -2.31. The molecule has 4 unspecified atom stereocenters. The highest BCUT2D eigenvalue weighted by atomic mass is 16.6. The van der Waals surface area contributed by atoms with Crippen molar-refractivity contribution < 1.29 is 43.5 Å². The molecule has 5 aromatic rings. The predicted octanol–water partition coefficient (Wildman–Crippen LogP) is 21.1. The lowest BCUT2D eigenvalue weighted by Crippen LogP contribution is -2.47. The molecule has 5 aromatic carbocycles. The van der Waals surface area contributed by atoms with Crippen LogP contribution in [-0.4, -0.2) is 78.3 Å². The Kier molecular flexibility index (Phi) is 44.2. The van der Waals surface area contributed by atoms with E-state index < -0.39 is 51.9 Å². The van der Waals surface area contributed by atoms with Gasteiger partial charge in [0.1, 0.15) is 11.2 Å². The summed E-state index contributed by atoms with van der Waals surface area (Å²) in [5, 5.41) is 26.0. The number of carboxylic acids is 1. The number of ether oxygens (including phenoxy) is 2. The molecule has 0 aromatic heterocycles. The number of carbonyl (C=O) groups excluding carboxylic acids is 4. The van der Waals surface area contributed by atoms with Crippen molar-refractivity contribution in [1.82, 2.24) is 15.5 Å². The monoisotopic (exact) mass is 1280 g/mol. The van der Waals surface area contributed by atoms with Crippen LogP contribution in [0.1, 0.15) is 265 Å². The summed E-state index contributed by atoms with van der Waals surface area (Å²) in [4.78, 5) is 72.0. The molecule has 92 heavy (non-hydrogen) atoms. The van der Waals surface area contributed by atoms with Crippen molar-refractivity contribution in [2.24, 2.45) is 0 Å². The van der Waals surface area contributed by atoms with E-state index in [1.165, 1.54) is 10.5 Å². The van der Waals surface area contributed by atoms with Crippen LogP contribution in [0.2, 0.25) is 0 Å². The van der Waals surface area contributed by atoms with Gasteiger partial charge in [0.25, 0.3) is 0 Å². The van der Waals surface area contributed by atoms with E-state index in [2.05, 4.69) is 43.2 Å². The van der Waals surface area contributed by atoms with Gasteiger partial charge in [-0.25, -0.2) is 14.5 Å². The summed E-state index contributed by atoms with van der Waals surface area (Å²) in [5.41, 5.74) is 2.92. The Morgan fingerprint density at radius 2 is 0.989 bits per heavy atom. The average Bonchev–Trinajstić information content (AvgIpc) is 2.82. The maximum absolute atomic E-state index is 12.7. The third-order valence-corrected chi connectivity index (χ3v) is 13.3. The number of benzene rings is 5. The predicted molar refractivity (Wildman–Crippen MR) is 387 cm³/mol. The van der Waals surface area contributed by atoms with E-state index in [-0.39, 0.29) is 53.9 Å². The molecule has 0 bridgehead atoms. The van der Waals surface area contributed by atoms with Gasteiger partial charge in [-0.2, -0.15) is 0 Å². The summed E-state index contributed by atoms with van der Waals surface area (Å²) in [5.74, 6) is -1.66. The number of nitrogens with one attached hydrogen (secondary N) is 2. The number of nitro groups is 1. The van der Waals surface area contributed by atoms with Gasteiger partial charge in [-0.3, -0.25) is 24.5 Å². The van der Waals surface area contributed by atoms with Crippen LogP contribution in [0.15, 0.2) is 158 Å². The third-order valence-electron chi connectivity index (χ3n) is 13.3. The van der Waals surface area contributed by atoms with E-state index in [0.29, 0.717) is 18.4 Å². The second-order valence-electron chi connectivity index (χ2n) is 25.4. The lowest BCUT2D eigenvalue weighted by molar-refractivity contribution is -0.562. The van der Waals surface area contributed by atoms with Crippen molar-refractivity contribution in [1.29, 1.82) is 0 Å². The Bertz CT molecular complexity index is 2820. The smallest absolute Gasteiger partial charge is 0.417 e. The highest BCUT2D eigenvalue weighted by Gasteiger charge is 2.50. The van der Waals surface area contributed by atoms with E-state index in [9.17, 15) is 39.2 Å². The van der Waals surface area contributed by atoms with E-state index >= 15 is 0 Å². The van der Waals surface area contributed by atoms with Crippen LogP contribution in [0.4, 0.5) is 9.59 Å². The number of likely N-dealkylation sites (tertiary alicyclic amines) is 1. The standard InChI is InChI=1S/C17H25NO4.C17H23NO3.C12H17NO2.C12H15NO.C9H10.5C2H6.CH4/c1-16(2,3)22-15(21)18-17(4,5)11-13(14(19)20)12-9-7-6-8-10-12;1-16(2,3)21-15(20)18-14(19)13(11-17(18,4)5)12-9-7-6-8-10-12;1-10(9-12(2,3)13(14)15)11-7-5-4-6-8-11;1-12(2)8-10(11(14)13-12)9-6-4-3-5-7-9;1-8(2)9-6-4-3-5-7-9;5*1-2;/h6-10,13H,11H2,1-5H3,(H,18,21)(H,19,20);6-10,13H,11H2,1-5H3;4-8,10H,9H2,1-3H3;3-7,10H,8H2,1-2H3,(H,13,14);3-7H,1H2,2H3;5*1-2H3;1H4. The minimum absolute atomic E-state index is 0. The number of hydrogen-bond donors (Lipinski definition) is 3. The Balaban J connectivity index is -0.000000517. The quantitative estimate of drug-likeness (QED) is 0.0799. The largest absolute Gasteiger partial charge is 0.481 e. The normalized spacial score (nSPS) is 15.3. The van der Waals surface area contributed by atoms with Crippen LogP contribution < -0.4 is 10.6 Å². The number of allylic oxidation sites excluding steroid dienone is 1. The fourth-order valence-electron chi connectivity index (χ4n) is 9.37. The number of rotatable bonds is 12. The first-order valence-electron chi connectivity index (χ1n) is 32.6. The Morgan fingerprint density at radius 1 is 0.620 bits per heavy atom. The maximum Gasteiger partial charge on any atom is 0.417 e. The summed E-state index contributed by atoms with van der Waals surface area (Å²) in [6, 6.07) is 48.6. The van der Waals surface area contributed by atoms with Gasteiger partial charge in [0.05, 0.1) is 17.8 Å². The first kappa shape index (κ1) is 90.8. The number of carboxylic acid groups (broad SMARTS) is 1. The molecule has 2 fully saturated rings. The molecular formula is C78H124N4O10. The first-order chi connectivity index (χ1) is 42.4. The molecule has 0 saturated carbocycles. The number of imide groups is 1. The van der Waals surface area contributed by atoms with Gasteiger partial charge in [-0.1, -0.05) is 247 Å². The molecule has 4 atom stereocenters. The molecular weight excluding hydrogens is 1150 g/mol. The number of carbonyl (C=O) groups is 5. The van der Waals surface area contributed by atoms with Gasteiger partial charge in [0.2, 0.25) is 17.4 Å². The van der Waals surface area contributed by atoms with Crippen molar-refractivity contribution in [3.63, 3.8) is 0 Å². The van der Waals surface area contributed by atoms with E-state index in [0.717, 1.165) is 28.7 Å². The van der Waals surface area contributed by atoms with Crippen molar-refractivity contribution in [2.75, 3.05) is 0 Å². The number of aliphatic carboxylic acids is 1. The number of hydrogen-bond acceptors (Lipinski definition) is 9. The molecule has 0 spiro atoms. The van der Waals surface area contributed by atoms with Crippen LogP contribution in [-0.2, 0) is 23.9 Å². The van der Waals surface area contributed by atoms with Gasteiger partial charge >= 0.3 is 18.2 Å². The van der Waals surface area contributed by atoms with Crippen LogP contribution in [0.25, 0.3) is 5.57 Å². The minimum Gasteiger partial charge on any atom is -0.481 e. The molecule has 14 heteroatoms. The fourth-order valence-corrected chi connectivity index (χ4v) is 9.37. The maximum atomic E-state index is 12.7. The summed E-state index contributed by atoms with van der Waals surface area (Å²) >= 11 is 0. The molecule has 2 aliphatic rings. The second kappa shape index (κ2) is 44.8. The molecule has 7 rings (SSSR count). The molecule has 3 N–H and O–H groups in total. The van der Waals surface area contributed by atoms with Crippen molar-refractivity contribution in [3.8, 4) is 0 Å². The summed E-state index contributed by atoms with van der Waals surface area (Å²) < 4.78 is 10.6.